The number of pyridine rings is 1. The van der Waals surface area contributed by atoms with Crippen molar-refractivity contribution >= 4 is 33.6 Å². The predicted molar refractivity (Wildman–Crippen MR) is 106 cm³/mol. The molecule has 3 aromatic rings. The lowest BCUT2D eigenvalue weighted by atomic mass is 10.2. The van der Waals surface area contributed by atoms with E-state index in [1.807, 2.05) is 0 Å². The normalized spacial score (nSPS) is 11.1. The summed E-state index contributed by atoms with van der Waals surface area (Å²) in [4.78, 5) is 27.6. The molecule has 0 saturated heterocycles. The molecule has 2 N–H and O–H groups in total. The van der Waals surface area contributed by atoms with Crippen LogP contribution in [0.2, 0.25) is 0 Å². The molecule has 0 atom stereocenters. The number of anilines is 1. The summed E-state index contributed by atoms with van der Waals surface area (Å²) >= 11 is 3.19. The molecule has 0 saturated carbocycles. The number of carbonyl (C=O) groups excluding carboxylic acids is 2. The maximum absolute atomic E-state index is 13.7. The van der Waals surface area contributed by atoms with E-state index in [1.165, 1.54) is 18.2 Å². The van der Waals surface area contributed by atoms with Gasteiger partial charge in [-0.05, 0) is 46.3 Å². The number of carbonyl (C=O) groups is 2. The van der Waals surface area contributed by atoms with Gasteiger partial charge < -0.3 is 10.1 Å². The number of nitrogens with zero attached hydrogens (tertiary/aromatic N) is 1. The molecule has 0 radical (unpaired) electrons. The minimum absolute atomic E-state index is 0.0848. The van der Waals surface area contributed by atoms with Crippen LogP contribution in [0.15, 0.2) is 59.2 Å². The first-order chi connectivity index (χ1) is 15.0. The zero-order valence-corrected chi connectivity index (χ0v) is 17.2. The highest BCUT2D eigenvalue weighted by Crippen LogP contribution is 2.33. The molecule has 2 aromatic carbocycles. The van der Waals surface area contributed by atoms with E-state index in [4.69, 9.17) is 4.74 Å². The fourth-order valence-electron chi connectivity index (χ4n) is 2.42. The Balaban J connectivity index is 1.70. The van der Waals surface area contributed by atoms with Crippen LogP contribution in [-0.4, -0.2) is 16.9 Å². The van der Waals surface area contributed by atoms with E-state index < -0.39 is 40.9 Å². The van der Waals surface area contributed by atoms with Gasteiger partial charge in [0.25, 0.3) is 5.91 Å². The van der Waals surface area contributed by atoms with Crippen LogP contribution in [0.1, 0.15) is 15.9 Å². The largest absolute Gasteiger partial charge is 0.438 e. The number of rotatable bonds is 4. The second-order valence-electron chi connectivity index (χ2n) is 6.14. The third kappa shape index (κ3) is 5.58. The first kappa shape index (κ1) is 23.1. The van der Waals surface area contributed by atoms with Crippen molar-refractivity contribution in [2.45, 2.75) is 6.18 Å². The van der Waals surface area contributed by atoms with Crippen molar-refractivity contribution in [1.82, 2.24) is 10.3 Å². The van der Waals surface area contributed by atoms with Crippen molar-refractivity contribution in [2.24, 2.45) is 0 Å². The Hall–Kier alpha value is -3.54. The lowest BCUT2D eigenvalue weighted by Crippen LogP contribution is -2.35. The Morgan fingerprint density at radius 1 is 1.00 bits per heavy atom. The smallest absolute Gasteiger partial charge is 0.417 e. The van der Waals surface area contributed by atoms with Crippen molar-refractivity contribution in [3.63, 3.8) is 0 Å². The molecule has 0 fully saturated rings. The average molecular weight is 516 g/mol. The summed E-state index contributed by atoms with van der Waals surface area (Å²) < 4.78 is 71.0. The molecule has 12 heteroatoms. The summed E-state index contributed by atoms with van der Waals surface area (Å²) in [6.07, 6.45) is -3.95. The third-order valence-corrected chi connectivity index (χ3v) is 4.54. The number of ether oxygens (including phenoxy) is 1. The van der Waals surface area contributed by atoms with Crippen LogP contribution in [0.4, 0.5) is 32.4 Å². The second kappa shape index (κ2) is 9.30. The molecule has 1 aromatic heterocycles. The summed E-state index contributed by atoms with van der Waals surface area (Å²) in [5.41, 5.74) is -1.77. The van der Waals surface area contributed by atoms with Crippen LogP contribution >= 0.6 is 15.9 Å². The average Bonchev–Trinajstić information content (AvgIpc) is 2.70. The minimum atomic E-state index is -4.55. The third-order valence-electron chi connectivity index (χ3n) is 3.88. The van der Waals surface area contributed by atoms with Gasteiger partial charge in [0.15, 0.2) is 0 Å². The van der Waals surface area contributed by atoms with E-state index in [2.05, 4.69) is 26.2 Å². The molecule has 0 spiro atoms. The number of benzene rings is 2. The van der Waals surface area contributed by atoms with Crippen LogP contribution in [0.3, 0.4) is 0 Å². The molecule has 6 nitrogen and oxygen atoms in total. The fourth-order valence-corrected chi connectivity index (χ4v) is 2.75. The monoisotopic (exact) mass is 515 g/mol. The van der Waals surface area contributed by atoms with Gasteiger partial charge in [0, 0.05) is 24.0 Å². The molecule has 0 unspecified atom stereocenters. The first-order valence-corrected chi connectivity index (χ1v) is 9.41. The van der Waals surface area contributed by atoms with Crippen molar-refractivity contribution in [3.8, 4) is 11.6 Å². The Kier molecular flexibility index (Phi) is 6.72. The summed E-state index contributed by atoms with van der Waals surface area (Å²) in [6, 6.07) is 7.67. The van der Waals surface area contributed by atoms with Gasteiger partial charge in [-0.25, -0.2) is 18.6 Å². The maximum atomic E-state index is 13.7. The summed E-state index contributed by atoms with van der Waals surface area (Å²) in [7, 11) is 0. The molecular weight excluding hydrogens is 505 g/mol. The van der Waals surface area contributed by atoms with Crippen molar-refractivity contribution in [3.05, 3.63) is 82.0 Å². The molecule has 166 valence electrons. The van der Waals surface area contributed by atoms with E-state index in [9.17, 15) is 31.5 Å². The van der Waals surface area contributed by atoms with E-state index in [0.29, 0.717) is 10.7 Å². The number of alkyl halides is 3. The van der Waals surface area contributed by atoms with Crippen LogP contribution in [0, 0.1) is 11.6 Å². The van der Waals surface area contributed by atoms with Crippen LogP contribution in [0.25, 0.3) is 0 Å². The highest BCUT2D eigenvalue weighted by molar-refractivity contribution is 9.10. The lowest BCUT2D eigenvalue weighted by molar-refractivity contribution is -0.137. The first-order valence-electron chi connectivity index (χ1n) is 8.61. The number of nitrogens with one attached hydrogen (secondary N) is 2. The second-order valence-corrected chi connectivity index (χ2v) is 6.99. The molecule has 0 bridgehead atoms. The molecule has 0 aliphatic heterocycles. The zero-order valence-electron chi connectivity index (χ0n) is 15.6. The van der Waals surface area contributed by atoms with Gasteiger partial charge in [0.05, 0.1) is 10.0 Å². The standard InChI is InChI=1S/C20H11BrF5N3O3/c21-12-6-5-11(8-15(12)32-16-7-4-10(9-27-16)20(24,25)26)28-19(31)29-18(30)17-13(22)2-1-3-14(17)23/h1-9H,(H2,28,29,30,31). The predicted octanol–water partition coefficient (Wildman–Crippen LogP) is 5.90. The number of hydrogen-bond donors (Lipinski definition) is 2. The van der Waals surface area contributed by atoms with Gasteiger partial charge in [-0.1, -0.05) is 6.07 Å². The fraction of sp³-hybridized carbons (Fsp3) is 0.0500. The van der Waals surface area contributed by atoms with Gasteiger partial charge in [-0.3, -0.25) is 10.1 Å². The molecule has 0 aliphatic rings. The SMILES string of the molecule is O=C(NC(=O)c1c(F)cccc1F)Nc1ccc(Br)c(Oc2ccc(C(F)(F)F)cn2)c1. The maximum Gasteiger partial charge on any atom is 0.417 e. The number of amides is 3. The quantitative estimate of drug-likeness (QED) is 0.424. The van der Waals surface area contributed by atoms with Crippen molar-refractivity contribution in [2.75, 3.05) is 5.32 Å². The molecule has 3 rings (SSSR count). The number of halogens is 6. The highest BCUT2D eigenvalue weighted by Gasteiger charge is 2.30. The Morgan fingerprint density at radius 3 is 2.28 bits per heavy atom. The number of hydrogen-bond acceptors (Lipinski definition) is 4. The number of aromatic nitrogens is 1. The number of urea groups is 1. The Bertz CT molecular complexity index is 1150. The van der Waals surface area contributed by atoms with Crippen LogP contribution in [0.5, 0.6) is 11.6 Å². The topological polar surface area (TPSA) is 80.3 Å². The van der Waals surface area contributed by atoms with Crippen molar-refractivity contribution in [1.29, 1.82) is 0 Å². The summed E-state index contributed by atoms with van der Waals surface area (Å²) in [6.45, 7) is 0. The molecular formula is C20H11BrF5N3O3. The van der Waals surface area contributed by atoms with Gasteiger partial charge in [0.1, 0.15) is 22.9 Å². The molecule has 32 heavy (non-hydrogen) atoms. The zero-order chi connectivity index (χ0) is 23.5. The van der Waals surface area contributed by atoms with Gasteiger partial charge >= 0.3 is 12.2 Å². The van der Waals surface area contributed by atoms with Crippen LogP contribution < -0.4 is 15.4 Å². The molecule has 1 heterocycles. The number of imide groups is 1. The van der Waals surface area contributed by atoms with E-state index >= 15 is 0 Å². The van der Waals surface area contributed by atoms with E-state index in [1.54, 1.807) is 5.32 Å². The van der Waals surface area contributed by atoms with Gasteiger partial charge in [-0.15, -0.1) is 0 Å². The van der Waals surface area contributed by atoms with E-state index in [-0.39, 0.29) is 17.3 Å². The van der Waals surface area contributed by atoms with Gasteiger partial charge in [-0.2, -0.15) is 13.2 Å². The Labute approximate surface area is 185 Å². The summed E-state index contributed by atoms with van der Waals surface area (Å²) in [5, 5.41) is 4.07. The lowest BCUT2D eigenvalue weighted by Gasteiger charge is -2.12. The van der Waals surface area contributed by atoms with E-state index in [0.717, 1.165) is 30.3 Å². The van der Waals surface area contributed by atoms with Crippen LogP contribution in [-0.2, 0) is 6.18 Å². The summed E-state index contributed by atoms with van der Waals surface area (Å²) in [5.74, 6) is -3.63. The van der Waals surface area contributed by atoms with Gasteiger partial charge in [0.2, 0.25) is 5.88 Å². The molecule has 3 amide bonds. The molecule has 0 aliphatic carbocycles. The van der Waals surface area contributed by atoms with Crippen molar-refractivity contribution < 1.29 is 36.3 Å². The minimum Gasteiger partial charge on any atom is -0.438 e. The Morgan fingerprint density at radius 2 is 1.69 bits per heavy atom. The highest BCUT2D eigenvalue weighted by atomic mass is 79.9.